The van der Waals surface area contributed by atoms with E-state index in [0.717, 1.165) is 55.4 Å². The third kappa shape index (κ3) is 3.73. The quantitative estimate of drug-likeness (QED) is 0.663. The van der Waals surface area contributed by atoms with E-state index >= 15 is 0 Å². The normalized spacial score (nSPS) is 23.5. The number of hydrogen-bond acceptors (Lipinski definition) is 5. The second-order valence-electron chi connectivity index (χ2n) is 9.25. The SMILES string of the molecule is COCN1c2ccc3c(nc(Cn4ccccc4=O)n3[C@H]3CCC[C@H](O)C3)c2CC[C@@H]1C. The van der Waals surface area contributed by atoms with Gasteiger partial charge in [0.15, 0.2) is 0 Å². The van der Waals surface area contributed by atoms with Gasteiger partial charge >= 0.3 is 0 Å². The Morgan fingerprint density at radius 2 is 2.06 bits per heavy atom. The Balaban J connectivity index is 1.66. The highest BCUT2D eigenvalue weighted by Crippen LogP contribution is 2.39. The number of imidazole rings is 1. The summed E-state index contributed by atoms with van der Waals surface area (Å²) in [5, 5.41) is 10.4. The number of methoxy groups -OCH3 is 1. The average Bonchev–Trinajstić information content (AvgIpc) is 3.15. The maximum absolute atomic E-state index is 12.4. The van der Waals surface area contributed by atoms with Gasteiger partial charge in [0, 0.05) is 42.7 Å². The molecule has 0 saturated heterocycles. The van der Waals surface area contributed by atoms with Gasteiger partial charge in [-0.25, -0.2) is 4.98 Å². The highest BCUT2D eigenvalue weighted by molar-refractivity contribution is 5.86. The van der Waals surface area contributed by atoms with Crippen LogP contribution in [-0.4, -0.2) is 45.2 Å². The van der Waals surface area contributed by atoms with Crippen LogP contribution in [0, 0.1) is 0 Å². The summed E-state index contributed by atoms with van der Waals surface area (Å²) in [4.78, 5) is 19.9. The van der Waals surface area contributed by atoms with Crippen LogP contribution in [0.1, 0.15) is 56.5 Å². The second kappa shape index (κ2) is 8.71. The second-order valence-corrected chi connectivity index (χ2v) is 9.25. The lowest BCUT2D eigenvalue weighted by molar-refractivity contribution is 0.104. The molecule has 0 spiro atoms. The molecule has 0 amide bonds. The summed E-state index contributed by atoms with van der Waals surface area (Å²) in [6.45, 7) is 3.22. The van der Waals surface area contributed by atoms with Crippen molar-refractivity contribution < 1.29 is 9.84 Å². The minimum absolute atomic E-state index is 0.0306. The fraction of sp³-hybridized carbons (Fsp3) is 0.520. The summed E-state index contributed by atoms with van der Waals surface area (Å²) in [7, 11) is 1.73. The Labute approximate surface area is 188 Å². The average molecular weight is 437 g/mol. The van der Waals surface area contributed by atoms with Crippen molar-refractivity contribution in [2.24, 2.45) is 0 Å². The van der Waals surface area contributed by atoms with Crippen molar-refractivity contribution >= 4 is 16.7 Å². The summed E-state index contributed by atoms with van der Waals surface area (Å²) in [6, 6.07) is 10.2. The predicted octanol–water partition coefficient (Wildman–Crippen LogP) is 3.47. The number of fused-ring (bicyclic) bond motifs is 3. The molecule has 32 heavy (non-hydrogen) atoms. The van der Waals surface area contributed by atoms with Crippen molar-refractivity contribution in [1.82, 2.24) is 14.1 Å². The molecule has 1 saturated carbocycles. The van der Waals surface area contributed by atoms with Gasteiger partial charge in [-0.2, -0.15) is 0 Å². The van der Waals surface area contributed by atoms with Gasteiger partial charge in [0.1, 0.15) is 12.6 Å². The summed E-state index contributed by atoms with van der Waals surface area (Å²) in [6.07, 6.45) is 7.17. The van der Waals surface area contributed by atoms with Crippen molar-refractivity contribution in [3.05, 3.63) is 58.3 Å². The molecule has 0 unspecified atom stereocenters. The third-order valence-electron chi connectivity index (χ3n) is 7.13. The van der Waals surface area contributed by atoms with Crippen LogP contribution in [0.4, 0.5) is 5.69 Å². The largest absolute Gasteiger partial charge is 0.393 e. The molecule has 2 aromatic heterocycles. The molecule has 1 aromatic carbocycles. The number of hydrogen-bond donors (Lipinski definition) is 1. The van der Waals surface area contributed by atoms with E-state index in [-0.39, 0.29) is 17.7 Å². The van der Waals surface area contributed by atoms with Crippen LogP contribution < -0.4 is 10.5 Å². The van der Waals surface area contributed by atoms with Crippen LogP contribution in [0.2, 0.25) is 0 Å². The number of rotatable bonds is 5. The zero-order valence-corrected chi connectivity index (χ0v) is 18.9. The molecule has 2 aliphatic rings. The molecule has 170 valence electrons. The van der Waals surface area contributed by atoms with Crippen molar-refractivity contribution in [3.8, 4) is 0 Å². The van der Waals surface area contributed by atoms with Crippen LogP contribution in [-0.2, 0) is 17.7 Å². The number of anilines is 1. The van der Waals surface area contributed by atoms with Gasteiger partial charge in [-0.15, -0.1) is 0 Å². The van der Waals surface area contributed by atoms with E-state index in [1.807, 2.05) is 12.3 Å². The molecule has 7 nitrogen and oxygen atoms in total. The van der Waals surface area contributed by atoms with Gasteiger partial charge in [0.2, 0.25) is 0 Å². The van der Waals surface area contributed by atoms with Crippen molar-refractivity contribution in [2.75, 3.05) is 18.7 Å². The predicted molar refractivity (Wildman–Crippen MR) is 125 cm³/mol. The van der Waals surface area contributed by atoms with Gasteiger partial charge in [-0.1, -0.05) is 6.07 Å². The molecule has 7 heteroatoms. The zero-order valence-electron chi connectivity index (χ0n) is 18.9. The van der Waals surface area contributed by atoms with Crippen LogP contribution >= 0.6 is 0 Å². The molecule has 3 aromatic rings. The molecule has 3 heterocycles. The molecular weight excluding hydrogens is 404 g/mol. The summed E-state index contributed by atoms with van der Waals surface area (Å²) < 4.78 is 9.50. The fourth-order valence-corrected chi connectivity index (χ4v) is 5.49. The molecule has 3 atom stereocenters. The van der Waals surface area contributed by atoms with Gasteiger partial charge in [-0.3, -0.25) is 4.79 Å². The van der Waals surface area contributed by atoms with Crippen LogP contribution in [0.15, 0.2) is 41.3 Å². The van der Waals surface area contributed by atoms with E-state index in [2.05, 4.69) is 28.5 Å². The van der Waals surface area contributed by atoms with E-state index < -0.39 is 0 Å². The summed E-state index contributed by atoms with van der Waals surface area (Å²) in [5.41, 5.74) is 4.55. The smallest absolute Gasteiger partial charge is 0.250 e. The lowest BCUT2D eigenvalue weighted by Crippen LogP contribution is -2.38. The van der Waals surface area contributed by atoms with Crippen molar-refractivity contribution in [1.29, 1.82) is 0 Å². The van der Waals surface area contributed by atoms with Gasteiger partial charge in [0.25, 0.3) is 5.56 Å². The molecule has 5 rings (SSSR count). The maximum Gasteiger partial charge on any atom is 0.250 e. The van der Waals surface area contributed by atoms with E-state index in [1.54, 1.807) is 23.8 Å². The van der Waals surface area contributed by atoms with Gasteiger partial charge < -0.3 is 23.9 Å². The topological polar surface area (TPSA) is 72.5 Å². The summed E-state index contributed by atoms with van der Waals surface area (Å²) in [5.74, 6) is 0.887. The number of ether oxygens (including phenoxy) is 1. The Hall–Kier alpha value is -2.64. The van der Waals surface area contributed by atoms with Crippen LogP contribution in [0.5, 0.6) is 0 Å². The van der Waals surface area contributed by atoms with Gasteiger partial charge in [0.05, 0.1) is 23.7 Å². The monoisotopic (exact) mass is 436 g/mol. The minimum atomic E-state index is -0.283. The number of aryl methyl sites for hydroxylation is 1. The highest BCUT2D eigenvalue weighted by Gasteiger charge is 2.30. The number of aliphatic hydroxyl groups is 1. The molecule has 0 bridgehead atoms. The number of nitrogens with zero attached hydrogens (tertiary/aromatic N) is 4. The molecule has 1 N–H and O–H groups in total. The first kappa shape index (κ1) is 21.2. The minimum Gasteiger partial charge on any atom is -0.393 e. The van der Waals surface area contributed by atoms with E-state index in [1.165, 1.54) is 11.3 Å². The van der Waals surface area contributed by atoms with E-state index in [0.29, 0.717) is 19.3 Å². The van der Waals surface area contributed by atoms with E-state index in [4.69, 9.17) is 9.72 Å². The van der Waals surface area contributed by atoms with E-state index in [9.17, 15) is 9.90 Å². The first-order chi connectivity index (χ1) is 15.6. The van der Waals surface area contributed by atoms with Crippen molar-refractivity contribution in [2.45, 2.75) is 70.2 Å². The molecular formula is C25H32N4O3. The third-order valence-corrected chi connectivity index (χ3v) is 7.13. The molecule has 1 aliphatic carbocycles. The Morgan fingerprint density at radius 3 is 2.84 bits per heavy atom. The Kier molecular flexibility index (Phi) is 5.78. The van der Waals surface area contributed by atoms with Crippen LogP contribution in [0.25, 0.3) is 11.0 Å². The number of aromatic nitrogens is 3. The van der Waals surface area contributed by atoms with Crippen molar-refractivity contribution in [3.63, 3.8) is 0 Å². The number of pyridine rings is 1. The molecule has 1 aliphatic heterocycles. The molecule has 1 fully saturated rings. The maximum atomic E-state index is 12.4. The number of aliphatic hydroxyl groups excluding tert-OH is 1. The lowest BCUT2D eigenvalue weighted by atomic mass is 9.92. The fourth-order valence-electron chi connectivity index (χ4n) is 5.49. The number of benzene rings is 1. The molecule has 0 radical (unpaired) electrons. The highest BCUT2D eigenvalue weighted by atomic mass is 16.5. The van der Waals surface area contributed by atoms with Crippen LogP contribution in [0.3, 0.4) is 0 Å². The first-order valence-corrected chi connectivity index (χ1v) is 11.7. The Morgan fingerprint density at radius 1 is 1.19 bits per heavy atom. The first-order valence-electron chi connectivity index (χ1n) is 11.7. The standard InChI is InChI=1S/C25H32N4O3/c1-17-9-10-20-21(28(17)16-32-2)11-12-22-25(20)26-23(15-27-13-4-3-8-24(27)31)29(22)18-6-5-7-19(30)14-18/h3-4,8,11-13,17-19,30H,5-7,9-10,14-16H2,1-2H3/t17-,18-,19-/m0/s1. The lowest BCUT2D eigenvalue weighted by Gasteiger charge is -2.36. The summed E-state index contributed by atoms with van der Waals surface area (Å²) >= 11 is 0. The zero-order chi connectivity index (χ0) is 22.2. The van der Waals surface area contributed by atoms with Gasteiger partial charge in [-0.05, 0) is 63.6 Å². The Bertz CT molecular complexity index is 1170.